The monoisotopic (exact) mass is 279 g/mol. The van der Waals surface area contributed by atoms with E-state index in [1.807, 2.05) is 6.07 Å². The highest BCUT2D eigenvalue weighted by atomic mass is 16.5. The van der Waals surface area contributed by atoms with E-state index in [1.54, 1.807) is 0 Å². The number of benzene rings is 2. The molecule has 0 saturated carbocycles. The molecule has 0 amide bonds. The first kappa shape index (κ1) is 12.8. The fraction of sp³-hybridized carbons (Fsp3) is 0.368. The lowest BCUT2D eigenvalue weighted by Gasteiger charge is -2.39. The summed E-state index contributed by atoms with van der Waals surface area (Å²) in [6.45, 7) is 7.57. The maximum absolute atomic E-state index is 5.99. The van der Waals surface area contributed by atoms with Crippen LogP contribution in [0.15, 0.2) is 36.4 Å². The van der Waals surface area contributed by atoms with E-state index in [2.05, 4.69) is 56.4 Å². The molecule has 2 aromatic carbocycles. The molecule has 0 bridgehead atoms. The lowest BCUT2D eigenvalue weighted by atomic mass is 9.78. The van der Waals surface area contributed by atoms with Gasteiger partial charge in [-0.25, -0.2) is 0 Å². The van der Waals surface area contributed by atoms with E-state index < -0.39 is 0 Å². The molecular weight excluding hydrogens is 258 g/mol. The summed E-state index contributed by atoms with van der Waals surface area (Å²) in [6, 6.07) is 12.8. The predicted molar refractivity (Wildman–Crippen MR) is 86.9 cm³/mol. The Morgan fingerprint density at radius 1 is 1.10 bits per heavy atom. The Bertz CT molecular complexity index is 718. The van der Waals surface area contributed by atoms with Crippen LogP contribution < -0.4 is 10.1 Å². The molecule has 0 spiro atoms. The van der Waals surface area contributed by atoms with E-state index in [4.69, 9.17) is 4.74 Å². The molecule has 108 valence electrons. The SMILES string of the molecule is CC1CC(C)(C)Nc2ccc3c(c21)COc1ccccc1-3. The third kappa shape index (κ3) is 1.93. The highest BCUT2D eigenvalue weighted by Crippen LogP contribution is 2.46. The fourth-order valence-corrected chi connectivity index (χ4v) is 3.99. The maximum atomic E-state index is 5.99. The summed E-state index contributed by atoms with van der Waals surface area (Å²) in [5.74, 6) is 1.56. The molecule has 0 aliphatic carbocycles. The van der Waals surface area contributed by atoms with Crippen molar-refractivity contribution in [1.82, 2.24) is 0 Å². The van der Waals surface area contributed by atoms with Gasteiger partial charge in [0.15, 0.2) is 0 Å². The largest absolute Gasteiger partial charge is 0.488 e. The van der Waals surface area contributed by atoms with Gasteiger partial charge in [0.25, 0.3) is 0 Å². The zero-order chi connectivity index (χ0) is 14.6. The smallest absolute Gasteiger partial charge is 0.127 e. The van der Waals surface area contributed by atoms with Crippen molar-refractivity contribution in [2.24, 2.45) is 0 Å². The lowest BCUT2D eigenvalue weighted by Crippen LogP contribution is -2.37. The molecule has 4 rings (SSSR count). The maximum Gasteiger partial charge on any atom is 0.127 e. The third-order valence-electron chi connectivity index (χ3n) is 4.69. The molecular formula is C19H21NO. The van der Waals surface area contributed by atoms with Gasteiger partial charge in [0.2, 0.25) is 0 Å². The molecule has 2 aromatic rings. The van der Waals surface area contributed by atoms with Gasteiger partial charge in [-0.3, -0.25) is 0 Å². The number of rotatable bonds is 0. The Labute approximate surface area is 126 Å². The van der Waals surface area contributed by atoms with Gasteiger partial charge in [-0.1, -0.05) is 31.2 Å². The summed E-state index contributed by atoms with van der Waals surface area (Å²) in [5.41, 5.74) is 6.81. The van der Waals surface area contributed by atoms with Gasteiger partial charge < -0.3 is 10.1 Å². The first-order valence-electron chi connectivity index (χ1n) is 7.71. The molecule has 0 fully saturated rings. The quantitative estimate of drug-likeness (QED) is 0.737. The first-order valence-corrected chi connectivity index (χ1v) is 7.71. The molecule has 0 radical (unpaired) electrons. The van der Waals surface area contributed by atoms with Gasteiger partial charge in [-0.2, -0.15) is 0 Å². The molecule has 2 nitrogen and oxygen atoms in total. The van der Waals surface area contributed by atoms with E-state index in [0.29, 0.717) is 12.5 Å². The van der Waals surface area contributed by atoms with Crippen LogP contribution in [-0.4, -0.2) is 5.54 Å². The Balaban J connectivity index is 1.92. The summed E-state index contributed by atoms with van der Waals surface area (Å²) in [5, 5.41) is 3.69. The van der Waals surface area contributed by atoms with Crippen molar-refractivity contribution in [3.8, 4) is 16.9 Å². The zero-order valence-electron chi connectivity index (χ0n) is 12.9. The van der Waals surface area contributed by atoms with Crippen LogP contribution in [0.5, 0.6) is 5.75 Å². The standard InChI is InChI=1S/C19H21NO/c1-12-10-19(2,3)20-16-9-8-13-14-6-4-5-7-17(14)21-11-15(13)18(12)16/h4-9,12,20H,10-11H2,1-3H3. The van der Waals surface area contributed by atoms with Crippen LogP contribution in [0.3, 0.4) is 0 Å². The van der Waals surface area contributed by atoms with E-state index >= 15 is 0 Å². The van der Waals surface area contributed by atoms with Gasteiger partial charge in [-0.15, -0.1) is 0 Å². The number of nitrogens with one attached hydrogen (secondary N) is 1. The molecule has 2 aliphatic rings. The minimum absolute atomic E-state index is 0.161. The Hall–Kier alpha value is -1.96. The summed E-state index contributed by atoms with van der Waals surface area (Å²) in [4.78, 5) is 0. The highest BCUT2D eigenvalue weighted by Gasteiger charge is 2.33. The van der Waals surface area contributed by atoms with Crippen molar-refractivity contribution < 1.29 is 4.74 Å². The number of fused-ring (bicyclic) bond motifs is 5. The van der Waals surface area contributed by atoms with Crippen LogP contribution in [0, 0.1) is 0 Å². The van der Waals surface area contributed by atoms with Crippen LogP contribution in [-0.2, 0) is 6.61 Å². The van der Waals surface area contributed by atoms with Crippen molar-refractivity contribution in [3.05, 3.63) is 47.5 Å². The van der Waals surface area contributed by atoms with Crippen LogP contribution in [0.1, 0.15) is 44.2 Å². The van der Waals surface area contributed by atoms with Crippen molar-refractivity contribution >= 4 is 5.69 Å². The molecule has 2 aliphatic heterocycles. The Morgan fingerprint density at radius 3 is 2.76 bits per heavy atom. The van der Waals surface area contributed by atoms with Crippen molar-refractivity contribution in [2.45, 2.75) is 45.3 Å². The average molecular weight is 279 g/mol. The van der Waals surface area contributed by atoms with Gasteiger partial charge in [-0.05, 0) is 49.4 Å². The number of hydrogen-bond acceptors (Lipinski definition) is 2. The molecule has 0 saturated heterocycles. The summed E-state index contributed by atoms with van der Waals surface area (Å²) < 4.78 is 5.99. The van der Waals surface area contributed by atoms with Crippen molar-refractivity contribution in [2.75, 3.05) is 5.32 Å². The zero-order valence-corrected chi connectivity index (χ0v) is 12.9. The van der Waals surface area contributed by atoms with Gasteiger partial charge in [0.1, 0.15) is 12.4 Å². The second-order valence-electron chi connectivity index (χ2n) is 6.95. The number of anilines is 1. The molecule has 1 atom stereocenters. The van der Waals surface area contributed by atoms with E-state index in [9.17, 15) is 0 Å². The molecule has 21 heavy (non-hydrogen) atoms. The molecule has 2 heteroatoms. The highest BCUT2D eigenvalue weighted by molar-refractivity contribution is 5.79. The second-order valence-corrected chi connectivity index (χ2v) is 6.95. The minimum atomic E-state index is 0.161. The second kappa shape index (κ2) is 4.27. The predicted octanol–water partition coefficient (Wildman–Crippen LogP) is 4.94. The van der Waals surface area contributed by atoms with Crippen LogP contribution in [0.2, 0.25) is 0 Å². The topological polar surface area (TPSA) is 21.3 Å². The Morgan fingerprint density at radius 2 is 1.90 bits per heavy atom. The summed E-state index contributed by atoms with van der Waals surface area (Å²) in [7, 11) is 0. The lowest BCUT2D eigenvalue weighted by molar-refractivity contribution is 0.299. The Kier molecular flexibility index (Phi) is 2.59. The first-order chi connectivity index (χ1) is 10.1. The normalized spacial score (nSPS) is 21.4. The number of ether oxygens (including phenoxy) is 1. The van der Waals surface area contributed by atoms with E-state index in [-0.39, 0.29) is 5.54 Å². The van der Waals surface area contributed by atoms with Crippen molar-refractivity contribution in [3.63, 3.8) is 0 Å². The third-order valence-corrected chi connectivity index (χ3v) is 4.69. The van der Waals surface area contributed by atoms with Gasteiger partial charge in [0, 0.05) is 22.4 Å². The number of hydrogen-bond donors (Lipinski definition) is 1. The summed E-state index contributed by atoms with van der Waals surface area (Å²) >= 11 is 0. The minimum Gasteiger partial charge on any atom is -0.488 e. The molecule has 1 N–H and O–H groups in total. The summed E-state index contributed by atoms with van der Waals surface area (Å²) in [6.07, 6.45) is 1.15. The van der Waals surface area contributed by atoms with E-state index in [1.165, 1.54) is 27.9 Å². The van der Waals surface area contributed by atoms with Crippen LogP contribution >= 0.6 is 0 Å². The average Bonchev–Trinajstić information content (AvgIpc) is 2.44. The van der Waals surface area contributed by atoms with Crippen LogP contribution in [0.4, 0.5) is 5.69 Å². The number of para-hydroxylation sites is 1. The van der Waals surface area contributed by atoms with E-state index in [0.717, 1.165) is 12.2 Å². The molecule has 2 heterocycles. The van der Waals surface area contributed by atoms with Crippen LogP contribution in [0.25, 0.3) is 11.1 Å². The molecule has 0 aromatic heterocycles. The van der Waals surface area contributed by atoms with Crippen molar-refractivity contribution in [1.29, 1.82) is 0 Å². The fourth-order valence-electron chi connectivity index (χ4n) is 3.99. The van der Waals surface area contributed by atoms with Gasteiger partial charge in [0.05, 0.1) is 0 Å². The molecule has 1 unspecified atom stereocenters. The van der Waals surface area contributed by atoms with Gasteiger partial charge >= 0.3 is 0 Å².